The van der Waals surface area contributed by atoms with Gasteiger partial charge in [-0.2, -0.15) is 0 Å². The number of rotatable bonds is 10. The lowest BCUT2D eigenvalue weighted by atomic mass is 9.63. The van der Waals surface area contributed by atoms with Gasteiger partial charge in [0.25, 0.3) is 0 Å². The molecule has 5 atom stereocenters. The normalized spacial score (nSPS) is 31.9. The van der Waals surface area contributed by atoms with Gasteiger partial charge in [-0.15, -0.1) is 0 Å². The van der Waals surface area contributed by atoms with E-state index in [0.29, 0.717) is 5.92 Å². The van der Waals surface area contributed by atoms with E-state index in [9.17, 15) is 10.2 Å². The Bertz CT molecular complexity index is 1280. The number of epoxide rings is 1. The monoisotopic (exact) mass is 586 g/mol. The molecule has 3 nitrogen and oxygen atoms in total. The van der Waals surface area contributed by atoms with Crippen molar-refractivity contribution in [2.45, 2.75) is 138 Å². The average molecular weight is 587 g/mol. The zero-order valence-corrected chi connectivity index (χ0v) is 28.7. The fourth-order valence-electron chi connectivity index (χ4n) is 7.31. The van der Waals surface area contributed by atoms with Gasteiger partial charge >= 0.3 is 0 Å². The molecule has 3 aliphatic rings. The van der Waals surface area contributed by atoms with Crippen LogP contribution in [-0.4, -0.2) is 33.6 Å². The Morgan fingerprint density at radius 2 is 1.67 bits per heavy atom. The highest BCUT2D eigenvalue weighted by molar-refractivity contribution is 5.45. The van der Waals surface area contributed by atoms with E-state index >= 15 is 0 Å². The maximum Gasteiger partial charge on any atom is 0.121 e. The zero-order chi connectivity index (χ0) is 32.1. The van der Waals surface area contributed by atoms with E-state index in [1.807, 2.05) is 6.92 Å². The summed E-state index contributed by atoms with van der Waals surface area (Å²) in [4.78, 5) is 0. The third-order valence-corrected chi connectivity index (χ3v) is 9.73. The Hall–Kier alpha value is -2.38. The van der Waals surface area contributed by atoms with Crippen molar-refractivity contribution in [3.05, 3.63) is 82.5 Å². The molecule has 0 aromatic rings. The van der Waals surface area contributed by atoms with Crippen LogP contribution in [0.25, 0.3) is 0 Å². The van der Waals surface area contributed by atoms with Gasteiger partial charge in [0.15, 0.2) is 0 Å². The molecule has 1 saturated heterocycles. The number of aliphatic hydroxyl groups is 2. The molecule has 1 saturated carbocycles. The molecule has 2 N–H and O–H groups in total. The molecule has 1 unspecified atom stereocenters. The summed E-state index contributed by atoms with van der Waals surface area (Å²) in [5.74, 6) is 7.33. The third kappa shape index (κ3) is 9.07. The van der Waals surface area contributed by atoms with Gasteiger partial charge in [0.05, 0.1) is 12.2 Å². The number of ether oxygens (including phenoxy) is 1. The summed E-state index contributed by atoms with van der Waals surface area (Å²) in [6.07, 6.45) is 25.4. The van der Waals surface area contributed by atoms with Crippen molar-refractivity contribution in [1.82, 2.24) is 0 Å². The highest BCUT2D eigenvalue weighted by atomic mass is 16.6. The number of fused-ring (bicyclic) bond motifs is 1. The second kappa shape index (κ2) is 14.2. The van der Waals surface area contributed by atoms with E-state index in [4.69, 9.17) is 4.74 Å². The van der Waals surface area contributed by atoms with Gasteiger partial charge in [0.2, 0.25) is 0 Å². The summed E-state index contributed by atoms with van der Waals surface area (Å²) in [5, 5.41) is 20.4. The first kappa shape index (κ1) is 35.1. The molecule has 1 heterocycles. The molecule has 0 aromatic heterocycles. The van der Waals surface area contributed by atoms with Crippen molar-refractivity contribution in [3.8, 4) is 11.8 Å². The predicted molar refractivity (Wildman–Crippen MR) is 182 cm³/mol. The van der Waals surface area contributed by atoms with Gasteiger partial charge in [0.1, 0.15) is 11.2 Å². The molecule has 2 fully saturated rings. The number of hydrogen-bond acceptors (Lipinski definition) is 3. The van der Waals surface area contributed by atoms with Gasteiger partial charge in [-0.1, -0.05) is 112 Å². The molecule has 236 valence electrons. The van der Waals surface area contributed by atoms with Gasteiger partial charge in [-0.05, 0) is 90.7 Å². The van der Waals surface area contributed by atoms with Crippen molar-refractivity contribution in [2.75, 3.05) is 0 Å². The number of hydrogen-bond donors (Lipinski definition) is 2. The summed E-state index contributed by atoms with van der Waals surface area (Å²) in [6.45, 7) is 21.7. The van der Waals surface area contributed by atoms with E-state index in [-0.39, 0.29) is 34.2 Å². The van der Waals surface area contributed by atoms with Crippen LogP contribution in [0.2, 0.25) is 0 Å². The van der Waals surface area contributed by atoms with Crippen LogP contribution in [0.4, 0.5) is 0 Å². The average Bonchev–Trinajstić information content (AvgIpc) is 3.49. The van der Waals surface area contributed by atoms with Crippen LogP contribution in [0.1, 0.15) is 114 Å². The topological polar surface area (TPSA) is 53.0 Å². The summed E-state index contributed by atoms with van der Waals surface area (Å²) in [6, 6.07) is 0. The van der Waals surface area contributed by atoms with Crippen LogP contribution in [0.5, 0.6) is 0 Å². The third-order valence-electron chi connectivity index (χ3n) is 9.73. The van der Waals surface area contributed by atoms with Crippen molar-refractivity contribution in [3.63, 3.8) is 0 Å². The van der Waals surface area contributed by atoms with Crippen molar-refractivity contribution < 1.29 is 14.9 Å². The molecular formula is C40H58O3. The molecule has 0 bridgehead atoms. The maximum absolute atomic E-state index is 10.3. The summed E-state index contributed by atoms with van der Waals surface area (Å²) >= 11 is 0. The zero-order valence-electron chi connectivity index (χ0n) is 28.7. The Balaban J connectivity index is 1.42. The molecule has 2 aliphatic carbocycles. The van der Waals surface area contributed by atoms with Crippen molar-refractivity contribution >= 4 is 0 Å². The standard InChI is InChI=1S/C40H58O3/c1-29(17-13-19-31(3)21-22-36-33(5)25-34(41)26-37(36,6)7)15-11-12-16-30(2)18-14-20-32(4)23-24-40-38(8,9)27-35(42)28-39(40,10)43-40/h11-13,15,17,19-20,23-24,30,34-35,41-42H,14,16,18,25-28H2,1-10H3/b12-11+,17-13+,24-23+,29-15+,31-19+,32-20-/t30?,34-,35+,39-,40+/m1/s1. The van der Waals surface area contributed by atoms with Gasteiger partial charge in [-0.3, -0.25) is 0 Å². The SMILES string of the molecule is CC1=C(C#C/C(C)=C/C=C/C(C)=C/C=C/CC(C)CC/C=C(C)\C=C\[C@@]23O[C@]2(C)C[C@@H](O)CC3(C)C)C(C)(C)C[C@H](O)C1. The second-order valence-electron chi connectivity index (χ2n) is 15.1. The van der Waals surface area contributed by atoms with Crippen LogP contribution in [0, 0.1) is 28.6 Å². The predicted octanol–water partition coefficient (Wildman–Crippen LogP) is 9.51. The fraction of sp³-hybridized carbons (Fsp3) is 0.600. The van der Waals surface area contributed by atoms with Crippen LogP contribution in [-0.2, 0) is 4.74 Å². The molecule has 0 spiro atoms. The molecule has 3 rings (SSSR count). The number of aliphatic hydroxyl groups excluding tert-OH is 2. The first-order valence-corrected chi connectivity index (χ1v) is 16.3. The summed E-state index contributed by atoms with van der Waals surface area (Å²) in [5.41, 5.74) is 5.26. The van der Waals surface area contributed by atoms with Gasteiger partial charge in [0, 0.05) is 22.8 Å². The minimum Gasteiger partial charge on any atom is -0.393 e. The van der Waals surface area contributed by atoms with Crippen LogP contribution >= 0.6 is 0 Å². The minimum atomic E-state index is -0.274. The van der Waals surface area contributed by atoms with E-state index < -0.39 is 0 Å². The molecule has 0 amide bonds. The fourth-order valence-corrected chi connectivity index (χ4v) is 7.31. The quantitative estimate of drug-likeness (QED) is 0.152. The van der Waals surface area contributed by atoms with Gasteiger partial charge < -0.3 is 14.9 Å². The maximum atomic E-state index is 10.3. The van der Waals surface area contributed by atoms with Crippen LogP contribution in [0.3, 0.4) is 0 Å². The molecular weight excluding hydrogens is 528 g/mol. The number of allylic oxidation sites excluding steroid dienone is 12. The Labute approximate surface area is 263 Å². The molecule has 0 aromatic carbocycles. The Morgan fingerprint density at radius 1 is 0.953 bits per heavy atom. The molecule has 43 heavy (non-hydrogen) atoms. The second-order valence-corrected chi connectivity index (χ2v) is 15.1. The molecule has 3 heteroatoms. The van der Waals surface area contributed by atoms with E-state index in [2.05, 4.69) is 129 Å². The lowest BCUT2D eigenvalue weighted by molar-refractivity contribution is 0.0515. The largest absolute Gasteiger partial charge is 0.393 e. The summed E-state index contributed by atoms with van der Waals surface area (Å²) < 4.78 is 6.27. The summed E-state index contributed by atoms with van der Waals surface area (Å²) in [7, 11) is 0. The first-order chi connectivity index (χ1) is 20.0. The van der Waals surface area contributed by atoms with E-state index in [1.54, 1.807) is 0 Å². The lowest BCUT2D eigenvalue weighted by Crippen LogP contribution is -2.46. The van der Waals surface area contributed by atoms with E-state index in [1.165, 1.54) is 22.3 Å². The van der Waals surface area contributed by atoms with Crippen LogP contribution < -0.4 is 0 Å². The highest BCUT2D eigenvalue weighted by Gasteiger charge is 2.74. The minimum absolute atomic E-state index is 0.0696. The molecule has 1 aliphatic heterocycles. The Morgan fingerprint density at radius 3 is 2.35 bits per heavy atom. The van der Waals surface area contributed by atoms with Crippen LogP contribution in [0.15, 0.2) is 82.5 Å². The smallest absolute Gasteiger partial charge is 0.121 e. The lowest BCUT2D eigenvalue weighted by Gasteiger charge is -2.39. The van der Waals surface area contributed by atoms with Crippen molar-refractivity contribution in [2.24, 2.45) is 16.7 Å². The van der Waals surface area contributed by atoms with Gasteiger partial charge in [-0.25, -0.2) is 0 Å². The highest BCUT2D eigenvalue weighted by Crippen LogP contribution is 2.66. The Kier molecular flexibility index (Phi) is 11.6. The van der Waals surface area contributed by atoms with E-state index in [0.717, 1.165) is 50.5 Å². The molecule has 0 radical (unpaired) electrons. The first-order valence-electron chi connectivity index (χ1n) is 16.3. The van der Waals surface area contributed by atoms with Crippen molar-refractivity contribution in [1.29, 1.82) is 0 Å².